The van der Waals surface area contributed by atoms with Gasteiger partial charge in [0.15, 0.2) is 0 Å². The molecule has 0 aliphatic carbocycles. The maximum Gasteiger partial charge on any atom is 0.256 e. The third-order valence-corrected chi connectivity index (χ3v) is 4.81. The highest BCUT2D eigenvalue weighted by Crippen LogP contribution is 2.36. The van der Waals surface area contributed by atoms with Gasteiger partial charge in [-0.2, -0.15) is 0 Å². The van der Waals surface area contributed by atoms with Crippen molar-refractivity contribution >= 4 is 22.9 Å². The lowest BCUT2D eigenvalue weighted by Crippen LogP contribution is -2.39. The van der Waals surface area contributed by atoms with E-state index in [1.165, 1.54) is 0 Å². The summed E-state index contributed by atoms with van der Waals surface area (Å²) < 4.78 is 11.2. The van der Waals surface area contributed by atoms with Crippen molar-refractivity contribution in [2.24, 2.45) is 4.99 Å². The predicted molar refractivity (Wildman–Crippen MR) is 106 cm³/mol. The van der Waals surface area contributed by atoms with Crippen molar-refractivity contribution in [2.75, 3.05) is 38.2 Å². The number of fused-ring (bicyclic) bond motifs is 1. The molecule has 1 aromatic rings. The fraction of sp³-hybridized carbons (Fsp3) is 0.429. The van der Waals surface area contributed by atoms with Crippen LogP contribution in [0.15, 0.2) is 41.0 Å². The molecule has 4 rings (SSSR count). The summed E-state index contributed by atoms with van der Waals surface area (Å²) in [7, 11) is 0. The van der Waals surface area contributed by atoms with Crippen molar-refractivity contribution in [1.82, 2.24) is 4.90 Å². The molecular weight excluding hydrogens is 342 g/mol. The maximum atomic E-state index is 12.4. The van der Waals surface area contributed by atoms with Gasteiger partial charge in [-0.25, -0.2) is 0 Å². The van der Waals surface area contributed by atoms with E-state index < -0.39 is 0 Å². The zero-order chi connectivity index (χ0) is 18.8. The molecule has 3 aliphatic heterocycles. The van der Waals surface area contributed by atoms with Gasteiger partial charge in [0, 0.05) is 54.8 Å². The number of morpholine rings is 1. The SMILES string of the molecule is CC(C)Oc1ccc2c(c1)/C(=C/C1=CN=C(CN3CCOCC3)C1)C(=O)N2. The van der Waals surface area contributed by atoms with Crippen LogP contribution in [0.5, 0.6) is 5.75 Å². The smallest absolute Gasteiger partial charge is 0.256 e. The number of carbonyl (C=O) groups is 1. The van der Waals surface area contributed by atoms with Crippen LogP contribution < -0.4 is 10.1 Å². The van der Waals surface area contributed by atoms with Crippen LogP contribution >= 0.6 is 0 Å². The monoisotopic (exact) mass is 367 g/mol. The third-order valence-electron chi connectivity index (χ3n) is 4.81. The lowest BCUT2D eigenvalue weighted by atomic mass is 10.0. The molecule has 0 bridgehead atoms. The number of rotatable bonds is 5. The second kappa shape index (κ2) is 7.66. The van der Waals surface area contributed by atoms with Crippen molar-refractivity contribution < 1.29 is 14.3 Å². The Morgan fingerprint density at radius 1 is 1.33 bits per heavy atom. The minimum Gasteiger partial charge on any atom is -0.491 e. The lowest BCUT2D eigenvalue weighted by Gasteiger charge is -2.26. The summed E-state index contributed by atoms with van der Waals surface area (Å²) in [5.41, 5.74) is 4.59. The molecule has 6 nitrogen and oxygen atoms in total. The summed E-state index contributed by atoms with van der Waals surface area (Å²) in [6, 6.07) is 5.72. The van der Waals surface area contributed by atoms with Crippen LogP contribution in [-0.2, 0) is 9.53 Å². The van der Waals surface area contributed by atoms with Gasteiger partial charge in [-0.1, -0.05) is 0 Å². The summed E-state index contributed by atoms with van der Waals surface area (Å²) in [4.78, 5) is 19.4. The standard InChI is InChI=1S/C21H25N3O3/c1-14(2)27-17-3-4-20-18(11-17)19(21(25)23-20)10-15-9-16(22-12-15)13-24-5-7-26-8-6-24/h3-4,10-12,14H,5-9,13H2,1-2H3,(H,23,25)/b19-10-. The Kier molecular flexibility index (Phi) is 5.09. The molecule has 0 aromatic heterocycles. The largest absolute Gasteiger partial charge is 0.491 e. The number of carbonyl (C=O) groups excluding carboxylic acids is 1. The summed E-state index contributed by atoms with van der Waals surface area (Å²) >= 11 is 0. The molecule has 3 aliphatic rings. The van der Waals surface area contributed by atoms with Gasteiger partial charge in [0.05, 0.1) is 19.3 Å². The van der Waals surface area contributed by atoms with E-state index in [2.05, 4.69) is 15.2 Å². The van der Waals surface area contributed by atoms with Crippen molar-refractivity contribution in [3.05, 3.63) is 41.6 Å². The first-order chi connectivity index (χ1) is 13.1. The van der Waals surface area contributed by atoms with Crippen molar-refractivity contribution in [3.63, 3.8) is 0 Å². The summed E-state index contributed by atoms with van der Waals surface area (Å²) in [5.74, 6) is 0.699. The minimum absolute atomic E-state index is 0.0748. The Hall–Kier alpha value is -2.44. The van der Waals surface area contributed by atoms with Gasteiger partial charge in [-0.3, -0.25) is 14.7 Å². The highest BCUT2D eigenvalue weighted by Gasteiger charge is 2.26. The second-order valence-corrected chi connectivity index (χ2v) is 7.35. The number of ether oxygens (including phenoxy) is 2. The van der Waals surface area contributed by atoms with Crippen LogP contribution in [0.1, 0.15) is 25.8 Å². The fourth-order valence-electron chi connectivity index (χ4n) is 3.54. The van der Waals surface area contributed by atoms with Crippen LogP contribution in [0.3, 0.4) is 0 Å². The van der Waals surface area contributed by atoms with E-state index in [0.29, 0.717) is 5.57 Å². The maximum absolute atomic E-state index is 12.4. The average molecular weight is 367 g/mol. The highest BCUT2D eigenvalue weighted by molar-refractivity contribution is 6.32. The lowest BCUT2D eigenvalue weighted by molar-refractivity contribution is -0.110. The number of aliphatic imine (C=N–C) groups is 1. The average Bonchev–Trinajstić information content (AvgIpc) is 3.20. The molecule has 1 aromatic carbocycles. The van der Waals surface area contributed by atoms with E-state index in [1.54, 1.807) is 0 Å². The topological polar surface area (TPSA) is 63.2 Å². The normalized spacial score (nSPS) is 21.3. The van der Waals surface area contributed by atoms with Crippen LogP contribution in [0.4, 0.5) is 5.69 Å². The molecule has 1 saturated heterocycles. The molecule has 142 valence electrons. The molecular formula is C21H25N3O3. The number of nitrogens with one attached hydrogen (secondary N) is 1. The van der Waals surface area contributed by atoms with Gasteiger partial charge in [0.1, 0.15) is 5.75 Å². The van der Waals surface area contributed by atoms with Gasteiger partial charge in [0.25, 0.3) is 5.91 Å². The summed E-state index contributed by atoms with van der Waals surface area (Å²) in [6.07, 6.45) is 4.71. The molecule has 1 N–H and O–H groups in total. The van der Waals surface area contributed by atoms with Gasteiger partial charge >= 0.3 is 0 Å². The quantitative estimate of drug-likeness (QED) is 0.813. The van der Waals surface area contributed by atoms with Crippen molar-refractivity contribution in [3.8, 4) is 5.75 Å². The number of hydrogen-bond donors (Lipinski definition) is 1. The zero-order valence-corrected chi connectivity index (χ0v) is 15.8. The van der Waals surface area contributed by atoms with Crippen LogP contribution in [0.2, 0.25) is 0 Å². The number of allylic oxidation sites excluding steroid dienone is 2. The number of anilines is 1. The van der Waals surface area contributed by atoms with Crippen molar-refractivity contribution in [2.45, 2.75) is 26.4 Å². The van der Waals surface area contributed by atoms with Gasteiger partial charge in [-0.05, 0) is 43.7 Å². The first-order valence-corrected chi connectivity index (χ1v) is 9.47. The first-order valence-electron chi connectivity index (χ1n) is 9.47. The van der Waals surface area contributed by atoms with E-state index in [9.17, 15) is 4.79 Å². The molecule has 0 spiro atoms. The molecule has 3 heterocycles. The van der Waals surface area contributed by atoms with Crippen LogP contribution in [0.25, 0.3) is 5.57 Å². The fourth-order valence-corrected chi connectivity index (χ4v) is 3.54. The van der Waals surface area contributed by atoms with E-state index >= 15 is 0 Å². The summed E-state index contributed by atoms with van der Waals surface area (Å²) in [6.45, 7) is 8.31. The number of amides is 1. The molecule has 1 amide bonds. The highest BCUT2D eigenvalue weighted by atomic mass is 16.5. The predicted octanol–water partition coefficient (Wildman–Crippen LogP) is 2.87. The molecule has 1 fully saturated rings. The molecule has 0 saturated carbocycles. The molecule has 0 unspecified atom stereocenters. The number of benzene rings is 1. The Balaban J connectivity index is 1.46. The number of nitrogens with zero attached hydrogens (tertiary/aromatic N) is 2. The minimum atomic E-state index is -0.0748. The van der Waals surface area contributed by atoms with Crippen molar-refractivity contribution in [1.29, 1.82) is 0 Å². The Bertz CT molecular complexity index is 833. The molecule has 27 heavy (non-hydrogen) atoms. The van der Waals surface area contributed by atoms with Crippen LogP contribution in [0, 0.1) is 0 Å². The number of hydrogen-bond acceptors (Lipinski definition) is 5. The molecule has 0 atom stereocenters. The molecule has 0 radical (unpaired) electrons. The van der Waals surface area contributed by atoms with E-state index in [4.69, 9.17) is 9.47 Å². The zero-order valence-electron chi connectivity index (χ0n) is 15.8. The van der Waals surface area contributed by atoms with Gasteiger partial charge < -0.3 is 14.8 Å². The van der Waals surface area contributed by atoms with Crippen LogP contribution in [-0.4, -0.2) is 55.5 Å². The Morgan fingerprint density at radius 2 is 2.15 bits per heavy atom. The van der Waals surface area contributed by atoms with Gasteiger partial charge in [0.2, 0.25) is 0 Å². The first kappa shape index (κ1) is 17.9. The van der Waals surface area contributed by atoms with E-state index in [0.717, 1.165) is 67.6 Å². The third kappa shape index (κ3) is 4.12. The molecule has 6 heteroatoms. The summed E-state index contributed by atoms with van der Waals surface area (Å²) in [5, 5.41) is 2.93. The second-order valence-electron chi connectivity index (χ2n) is 7.35. The Morgan fingerprint density at radius 3 is 2.93 bits per heavy atom. The van der Waals surface area contributed by atoms with E-state index in [-0.39, 0.29) is 12.0 Å². The Labute approximate surface area is 159 Å². The van der Waals surface area contributed by atoms with E-state index in [1.807, 2.05) is 44.3 Å². The van der Waals surface area contributed by atoms with Gasteiger partial charge in [-0.15, -0.1) is 0 Å².